The molecule has 0 unspecified atom stereocenters. The van der Waals surface area contributed by atoms with Crippen LogP contribution in [0.15, 0.2) is 61.2 Å². The summed E-state index contributed by atoms with van der Waals surface area (Å²) in [5.74, 6) is 3.43. The molecule has 0 saturated heterocycles. The zero-order valence-electron chi connectivity index (χ0n) is 19.5. The molecule has 2 heterocycles. The van der Waals surface area contributed by atoms with E-state index in [9.17, 15) is 0 Å². The molecular weight excluding hydrogens is 422 g/mol. The third-order valence-corrected chi connectivity index (χ3v) is 6.69. The Morgan fingerprint density at radius 2 is 1.79 bits per heavy atom. The summed E-state index contributed by atoms with van der Waals surface area (Å²) in [6.45, 7) is 4.70. The van der Waals surface area contributed by atoms with Gasteiger partial charge in [0.25, 0.3) is 0 Å². The molecule has 34 heavy (non-hydrogen) atoms. The number of aryl methyl sites for hydroxylation is 1. The number of aromatic nitrogens is 7. The van der Waals surface area contributed by atoms with Crippen LogP contribution in [0.4, 0.5) is 0 Å². The highest BCUT2D eigenvalue weighted by molar-refractivity contribution is 5.80. The molecule has 1 aliphatic carbocycles. The molecule has 1 fully saturated rings. The zero-order chi connectivity index (χ0) is 23.2. The summed E-state index contributed by atoms with van der Waals surface area (Å²) in [7, 11) is 0. The van der Waals surface area contributed by atoms with Crippen molar-refractivity contribution >= 4 is 0 Å². The van der Waals surface area contributed by atoms with Gasteiger partial charge in [-0.05, 0) is 39.5 Å². The van der Waals surface area contributed by atoms with Crippen molar-refractivity contribution in [3.05, 3.63) is 78.4 Å². The zero-order valence-corrected chi connectivity index (χ0v) is 19.5. The predicted octanol–water partition coefficient (Wildman–Crippen LogP) is 5.41. The molecule has 174 valence electrons. The molecule has 0 radical (unpaired) electrons. The lowest BCUT2D eigenvalue weighted by molar-refractivity contribution is 0.351. The van der Waals surface area contributed by atoms with Crippen LogP contribution < -0.4 is 0 Å². The average molecular weight is 454 g/mol. The van der Waals surface area contributed by atoms with Crippen LogP contribution in [0.3, 0.4) is 0 Å². The molecule has 1 saturated carbocycles. The Morgan fingerprint density at radius 1 is 1.00 bits per heavy atom. The number of allylic oxidation sites excluding steroid dienone is 1. The van der Waals surface area contributed by atoms with Crippen molar-refractivity contribution in [2.45, 2.75) is 57.9 Å². The van der Waals surface area contributed by atoms with Crippen molar-refractivity contribution in [3.63, 3.8) is 0 Å². The Balaban J connectivity index is 1.35. The number of tetrazole rings is 1. The second kappa shape index (κ2) is 10.5. The summed E-state index contributed by atoms with van der Waals surface area (Å²) in [5, 5.41) is 19.3. The molecule has 7 nitrogen and oxygen atoms in total. The summed E-state index contributed by atoms with van der Waals surface area (Å²) < 4.78 is 2.08. The summed E-state index contributed by atoms with van der Waals surface area (Å²) in [6.07, 6.45) is 11.3. The fourth-order valence-electron chi connectivity index (χ4n) is 4.88. The Kier molecular flexibility index (Phi) is 6.89. The van der Waals surface area contributed by atoms with E-state index in [0.29, 0.717) is 5.82 Å². The molecule has 0 aliphatic heterocycles. The van der Waals surface area contributed by atoms with Gasteiger partial charge in [-0.25, -0.2) is 14.8 Å². The molecule has 7 heteroatoms. The topological polar surface area (TPSA) is 85.2 Å². The van der Waals surface area contributed by atoms with Gasteiger partial charge in [-0.15, -0.1) is 11.7 Å². The van der Waals surface area contributed by atoms with Gasteiger partial charge in [0.1, 0.15) is 5.82 Å². The van der Waals surface area contributed by atoms with Crippen molar-refractivity contribution in [1.29, 1.82) is 0 Å². The Labute approximate surface area is 200 Å². The normalized spacial score (nSPS) is 14.4. The molecule has 0 atom stereocenters. The van der Waals surface area contributed by atoms with Crippen molar-refractivity contribution in [2.75, 3.05) is 0 Å². The number of aromatic amines is 1. The summed E-state index contributed by atoms with van der Waals surface area (Å²) in [6, 6.07) is 16.8. The van der Waals surface area contributed by atoms with Gasteiger partial charge < -0.3 is 0 Å². The van der Waals surface area contributed by atoms with Crippen LogP contribution in [-0.4, -0.2) is 35.4 Å². The molecule has 2 aromatic heterocycles. The second-order valence-corrected chi connectivity index (χ2v) is 9.12. The molecule has 2 aromatic carbocycles. The number of nitrogens with zero attached hydrogens (tertiary/aromatic N) is 6. The standard InChI is InChI=1S/C27H31N7/c1-2-3-17-34-26(28-25(31-34)18-20-9-5-4-6-10-20)19-21-13-15-22(16-14-21)23-11-7-8-12-24(23)27-29-32-33-30-27/h2,7-8,11-16,20H,1,3-6,9-10,17-19H2,(H,29,30,32,33). The van der Waals surface area contributed by atoms with Gasteiger partial charge in [0.15, 0.2) is 11.6 Å². The lowest BCUT2D eigenvalue weighted by Gasteiger charge is -2.19. The molecule has 0 bridgehead atoms. The van der Waals surface area contributed by atoms with Crippen LogP contribution in [-0.2, 0) is 19.4 Å². The number of hydrogen-bond acceptors (Lipinski definition) is 5. The van der Waals surface area contributed by atoms with Crippen molar-refractivity contribution in [3.8, 4) is 22.5 Å². The first-order valence-corrected chi connectivity index (χ1v) is 12.3. The molecular formula is C27H31N7. The highest BCUT2D eigenvalue weighted by Gasteiger charge is 2.18. The smallest absolute Gasteiger partial charge is 0.180 e. The molecule has 5 rings (SSSR count). The highest BCUT2D eigenvalue weighted by atomic mass is 15.5. The van der Waals surface area contributed by atoms with Crippen LogP contribution in [0, 0.1) is 5.92 Å². The first kappa shape index (κ1) is 22.2. The quantitative estimate of drug-likeness (QED) is 0.342. The van der Waals surface area contributed by atoms with E-state index in [4.69, 9.17) is 10.1 Å². The minimum Gasteiger partial charge on any atom is -0.249 e. The fraction of sp³-hybridized carbons (Fsp3) is 0.370. The number of nitrogens with one attached hydrogen (secondary N) is 1. The van der Waals surface area contributed by atoms with E-state index in [1.165, 1.54) is 37.7 Å². The third-order valence-electron chi connectivity index (χ3n) is 6.69. The summed E-state index contributed by atoms with van der Waals surface area (Å²) >= 11 is 0. The van der Waals surface area contributed by atoms with Gasteiger partial charge in [-0.3, -0.25) is 0 Å². The van der Waals surface area contributed by atoms with Crippen molar-refractivity contribution in [1.82, 2.24) is 35.4 Å². The van der Waals surface area contributed by atoms with Crippen LogP contribution >= 0.6 is 0 Å². The minimum atomic E-state index is 0.667. The van der Waals surface area contributed by atoms with E-state index in [2.05, 4.69) is 62.2 Å². The summed E-state index contributed by atoms with van der Waals surface area (Å²) in [5.41, 5.74) is 4.43. The Hall–Kier alpha value is -3.61. The van der Waals surface area contributed by atoms with E-state index in [1.54, 1.807) is 0 Å². The van der Waals surface area contributed by atoms with Crippen molar-refractivity contribution in [2.24, 2.45) is 5.92 Å². The lowest BCUT2D eigenvalue weighted by Crippen LogP contribution is -2.10. The Morgan fingerprint density at radius 3 is 2.53 bits per heavy atom. The third kappa shape index (κ3) is 5.14. The fourth-order valence-corrected chi connectivity index (χ4v) is 4.88. The maximum Gasteiger partial charge on any atom is 0.180 e. The number of benzene rings is 2. The molecule has 4 aromatic rings. The molecule has 1 aliphatic rings. The average Bonchev–Trinajstić information content (AvgIpc) is 3.54. The summed E-state index contributed by atoms with van der Waals surface area (Å²) in [4.78, 5) is 4.97. The number of hydrogen-bond donors (Lipinski definition) is 1. The predicted molar refractivity (Wildman–Crippen MR) is 133 cm³/mol. The van der Waals surface area contributed by atoms with Crippen LogP contribution in [0.1, 0.15) is 55.7 Å². The first-order chi connectivity index (χ1) is 16.8. The number of H-pyrrole nitrogens is 1. The van der Waals surface area contributed by atoms with Gasteiger partial charge >= 0.3 is 0 Å². The van der Waals surface area contributed by atoms with Gasteiger partial charge in [0.05, 0.1) is 0 Å². The largest absolute Gasteiger partial charge is 0.249 e. The monoisotopic (exact) mass is 453 g/mol. The maximum atomic E-state index is 4.97. The molecule has 1 N–H and O–H groups in total. The Bertz CT molecular complexity index is 1200. The second-order valence-electron chi connectivity index (χ2n) is 9.12. The van der Waals surface area contributed by atoms with E-state index < -0.39 is 0 Å². The van der Waals surface area contributed by atoms with E-state index >= 15 is 0 Å². The van der Waals surface area contributed by atoms with Gasteiger partial charge in [-0.2, -0.15) is 5.10 Å². The van der Waals surface area contributed by atoms with E-state index in [0.717, 1.165) is 60.1 Å². The van der Waals surface area contributed by atoms with Gasteiger partial charge in [0.2, 0.25) is 0 Å². The highest BCUT2D eigenvalue weighted by Crippen LogP contribution is 2.30. The number of rotatable bonds is 9. The maximum absolute atomic E-state index is 4.97. The van der Waals surface area contributed by atoms with Gasteiger partial charge in [0, 0.05) is 24.9 Å². The van der Waals surface area contributed by atoms with Crippen LogP contribution in [0.5, 0.6) is 0 Å². The molecule has 0 amide bonds. The van der Waals surface area contributed by atoms with E-state index in [-0.39, 0.29) is 0 Å². The minimum absolute atomic E-state index is 0.667. The van der Waals surface area contributed by atoms with Gasteiger partial charge in [-0.1, -0.05) is 86.7 Å². The molecule has 0 spiro atoms. The van der Waals surface area contributed by atoms with E-state index in [1.807, 2.05) is 24.3 Å². The first-order valence-electron chi connectivity index (χ1n) is 12.3. The SMILES string of the molecule is C=CCCn1nc(CC2CCCCC2)nc1Cc1ccc(-c2ccccc2-c2nnn[nH]2)cc1. The van der Waals surface area contributed by atoms with Crippen LogP contribution in [0.2, 0.25) is 0 Å². The van der Waals surface area contributed by atoms with Crippen LogP contribution in [0.25, 0.3) is 22.5 Å². The lowest BCUT2D eigenvalue weighted by atomic mass is 9.87. The van der Waals surface area contributed by atoms with Crippen molar-refractivity contribution < 1.29 is 0 Å².